The molecular weight excluding hydrogens is 166 g/mol. The van der Waals surface area contributed by atoms with Gasteiger partial charge in [0.25, 0.3) is 0 Å². The fraction of sp³-hybridized carbons (Fsp3) is 0.100. The smallest absolute Gasteiger partial charge is 0.0708 e. The molecule has 1 heterocycles. The van der Waals surface area contributed by atoms with Crippen LogP contribution in [0.2, 0.25) is 0 Å². The van der Waals surface area contributed by atoms with Crippen molar-refractivity contribution in [2.75, 3.05) is 6.26 Å². The molecule has 0 bridgehead atoms. The maximum absolute atomic E-state index is 4.22. The van der Waals surface area contributed by atoms with E-state index in [0.717, 1.165) is 10.9 Å². The SMILES string of the molecule is CSc1ccc2ncc[c]c2c1. The summed E-state index contributed by atoms with van der Waals surface area (Å²) in [5, 5.41) is 1.09. The quantitative estimate of drug-likeness (QED) is 0.616. The van der Waals surface area contributed by atoms with E-state index in [1.165, 1.54) is 4.90 Å². The molecule has 59 valence electrons. The highest BCUT2D eigenvalue weighted by atomic mass is 32.2. The average molecular weight is 174 g/mol. The van der Waals surface area contributed by atoms with Crippen molar-refractivity contribution in [3.8, 4) is 0 Å². The predicted molar refractivity (Wildman–Crippen MR) is 52.4 cm³/mol. The van der Waals surface area contributed by atoms with Gasteiger partial charge >= 0.3 is 0 Å². The first-order valence-corrected chi connectivity index (χ1v) is 4.93. The van der Waals surface area contributed by atoms with Gasteiger partial charge < -0.3 is 0 Å². The maximum Gasteiger partial charge on any atom is 0.0708 e. The zero-order valence-electron chi connectivity index (χ0n) is 6.74. The number of fused-ring (bicyclic) bond motifs is 1. The van der Waals surface area contributed by atoms with Crippen LogP contribution in [0.3, 0.4) is 0 Å². The van der Waals surface area contributed by atoms with E-state index in [1.807, 2.05) is 12.1 Å². The molecule has 0 amide bonds. The Bertz CT molecular complexity index is 398. The van der Waals surface area contributed by atoms with E-state index in [-0.39, 0.29) is 0 Å². The van der Waals surface area contributed by atoms with Crippen molar-refractivity contribution in [1.29, 1.82) is 0 Å². The van der Waals surface area contributed by atoms with Crippen LogP contribution in [0.1, 0.15) is 0 Å². The monoisotopic (exact) mass is 174 g/mol. The molecule has 0 N–H and O–H groups in total. The Hall–Kier alpha value is -1.02. The van der Waals surface area contributed by atoms with E-state index in [4.69, 9.17) is 0 Å². The minimum absolute atomic E-state index is 1.01. The van der Waals surface area contributed by atoms with Gasteiger partial charge in [-0.05, 0) is 36.6 Å². The van der Waals surface area contributed by atoms with Crippen LogP contribution in [0, 0.1) is 6.07 Å². The molecule has 0 unspecified atom stereocenters. The van der Waals surface area contributed by atoms with E-state index in [1.54, 1.807) is 18.0 Å². The molecule has 12 heavy (non-hydrogen) atoms. The Morgan fingerprint density at radius 1 is 1.42 bits per heavy atom. The van der Waals surface area contributed by atoms with Crippen molar-refractivity contribution in [2.45, 2.75) is 4.90 Å². The minimum Gasteiger partial charge on any atom is -0.256 e. The summed E-state index contributed by atoms with van der Waals surface area (Å²) in [5.74, 6) is 0. The van der Waals surface area contributed by atoms with Gasteiger partial charge in [0.2, 0.25) is 0 Å². The van der Waals surface area contributed by atoms with Crippen molar-refractivity contribution in [3.63, 3.8) is 0 Å². The number of hydrogen-bond donors (Lipinski definition) is 0. The lowest BCUT2D eigenvalue weighted by Gasteiger charge is -1.97. The highest BCUT2D eigenvalue weighted by molar-refractivity contribution is 7.98. The van der Waals surface area contributed by atoms with E-state index < -0.39 is 0 Å². The van der Waals surface area contributed by atoms with Crippen LogP contribution >= 0.6 is 11.8 Å². The number of pyridine rings is 1. The molecule has 2 heteroatoms. The maximum atomic E-state index is 4.22. The molecule has 0 aliphatic heterocycles. The Morgan fingerprint density at radius 3 is 3.17 bits per heavy atom. The Kier molecular flexibility index (Phi) is 2.00. The number of rotatable bonds is 1. The molecule has 0 saturated heterocycles. The first kappa shape index (κ1) is 7.62. The van der Waals surface area contributed by atoms with Gasteiger partial charge in [0.05, 0.1) is 5.52 Å². The number of benzene rings is 1. The van der Waals surface area contributed by atoms with E-state index in [0.29, 0.717) is 0 Å². The number of hydrogen-bond acceptors (Lipinski definition) is 2. The van der Waals surface area contributed by atoms with Crippen LogP contribution in [0.4, 0.5) is 0 Å². The number of aromatic nitrogens is 1. The van der Waals surface area contributed by atoms with Crippen LogP contribution in [-0.4, -0.2) is 11.2 Å². The van der Waals surface area contributed by atoms with Crippen LogP contribution < -0.4 is 0 Å². The van der Waals surface area contributed by atoms with Crippen molar-refractivity contribution in [2.24, 2.45) is 0 Å². The second-order valence-electron chi connectivity index (χ2n) is 2.47. The van der Waals surface area contributed by atoms with Crippen molar-refractivity contribution >= 4 is 22.7 Å². The standard InChI is InChI=1S/C10H8NS/c1-12-9-4-5-10-8(7-9)3-2-6-11-10/h2,4-7H,1H3. The molecule has 1 radical (unpaired) electrons. The second kappa shape index (κ2) is 3.15. The first-order chi connectivity index (χ1) is 5.90. The fourth-order valence-electron chi connectivity index (χ4n) is 1.11. The van der Waals surface area contributed by atoms with Gasteiger partial charge in [-0.2, -0.15) is 0 Å². The summed E-state index contributed by atoms with van der Waals surface area (Å²) in [6.07, 6.45) is 3.83. The molecule has 0 fully saturated rings. The van der Waals surface area contributed by atoms with E-state index in [2.05, 4.69) is 29.4 Å². The zero-order chi connectivity index (χ0) is 8.39. The molecule has 2 aromatic rings. The van der Waals surface area contributed by atoms with Crippen molar-refractivity contribution in [3.05, 3.63) is 36.5 Å². The molecular formula is C10H8NS. The third-order valence-corrected chi connectivity index (χ3v) is 2.46. The third kappa shape index (κ3) is 1.30. The van der Waals surface area contributed by atoms with Crippen LogP contribution in [-0.2, 0) is 0 Å². The summed E-state index contributed by atoms with van der Waals surface area (Å²) < 4.78 is 0. The zero-order valence-corrected chi connectivity index (χ0v) is 7.56. The molecule has 0 aliphatic carbocycles. The van der Waals surface area contributed by atoms with Crippen LogP contribution in [0.25, 0.3) is 10.9 Å². The molecule has 0 spiro atoms. The lowest BCUT2D eigenvalue weighted by molar-refractivity contribution is 1.38. The van der Waals surface area contributed by atoms with Crippen LogP contribution in [0.5, 0.6) is 0 Å². The third-order valence-electron chi connectivity index (χ3n) is 1.73. The number of thioether (sulfide) groups is 1. The van der Waals surface area contributed by atoms with Crippen LogP contribution in [0.15, 0.2) is 35.4 Å². The molecule has 1 aromatic carbocycles. The molecule has 2 rings (SSSR count). The molecule has 0 saturated carbocycles. The fourth-order valence-corrected chi connectivity index (χ4v) is 1.55. The van der Waals surface area contributed by atoms with Gasteiger partial charge in [-0.1, -0.05) is 0 Å². The Balaban J connectivity index is 2.67. The first-order valence-electron chi connectivity index (χ1n) is 3.70. The summed E-state index contributed by atoms with van der Waals surface area (Å²) in [6.45, 7) is 0. The van der Waals surface area contributed by atoms with E-state index >= 15 is 0 Å². The lowest BCUT2D eigenvalue weighted by atomic mass is 10.2. The molecule has 1 nitrogen and oxygen atoms in total. The predicted octanol–water partition coefficient (Wildman–Crippen LogP) is 2.76. The van der Waals surface area contributed by atoms with Crippen molar-refractivity contribution < 1.29 is 0 Å². The summed E-state index contributed by atoms with van der Waals surface area (Å²) >= 11 is 1.74. The molecule has 0 atom stereocenters. The Labute approximate surface area is 75.8 Å². The van der Waals surface area contributed by atoms with Gasteiger partial charge in [-0.3, -0.25) is 4.98 Å². The normalized spacial score (nSPS) is 10.4. The highest BCUT2D eigenvalue weighted by Gasteiger charge is 1.94. The van der Waals surface area contributed by atoms with Gasteiger partial charge in [0.15, 0.2) is 0 Å². The molecule has 0 aliphatic rings. The van der Waals surface area contributed by atoms with Crippen molar-refractivity contribution in [1.82, 2.24) is 4.98 Å². The summed E-state index contributed by atoms with van der Waals surface area (Å²) in [5.41, 5.74) is 1.01. The van der Waals surface area contributed by atoms with Gasteiger partial charge in [-0.25, -0.2) is 0 Å². The van der Waals surface area contributed by atoms with E-state index in [9.17, 15) is 0 Å². The molecule has 1 aromatic heterocycles. The topological polar surface area (TPSA) is 12.9 Å². The number of nitrogens with zero attached hydrogens (tertiary/aromatic N) is 1. The Morgan fingerprint density at radius 2 is 2.33 bits per heavy atom. The van der Waals surface area contributed by atoms with Gasteiger partial charge in [-0.15, -0.1) is 11.8 Å². The average Bonchev–Trinajstić information content (AvgIpc) is 2.17. The highest BCUT2D eigenvalue weighted by Crippen LogP contribution is 2.19. The van der Waals surface area contributed by atoms with Gasteiger partial charge in [0.1, 0.15) is 0 Å². The summed E-state index contributed by atoms with van der Waals surface area (Å²) in [4.78, 5) is 5.47. The minimum atomic E-state index is 1.01. The largest absolute Gasteiger partial charge is 0.256 e. The summed E-state index contributed by atoms with van der Waals surface area (Å²) in [6, 6.07) is 11.2. The lowest BCUT2D eigenvalue weighted by Crippen LogP contribution is -1.77. The second-order valence-corrected chi connectivity index (χ2v) is 3.35. The van der Waals surface area contributed by atoms with Gasteiger partial charge in [0, 0.05) is 16.5 Å². The summed E-state index contributed by atoms with van der Waals surface area (Å²) in [7, 11) is 0.